The Kier molecular flexibility index (Phi) is 1.79. The zero-order valence-electron chi connectivity index (χ0n) is 2.51. The van der Waals surface area contributed by atoms with Crippen molar-refractivity contribution in [3.05, 3.63) is 0 Å². The summed E-state index contributed by atoms with van der Waals surface area (Å²) in [6.07, 6.45) is 0. The predicted molar refractivity (Wildman–Crippen MR) is 23.1 cm³/mol. The average molecular weight is 90.1 g/mol. The Hall–Kier alpha value is -0.350. The zero-order chi connectivity index (χ0) is 4.28. The Morgan fingerprint density at radius 3 is 2.00 bits per heavy atom. The fourth-order valence-electron chi connectivity index (χ4n) is 0. The minimum Gasteiger partial charge on any atom is -0.374 e. The highest BCUT2D eigenvalue weighted by Crippen LogP contribution is 1.43. The van der Waals surface area contributed by atoms with Crippen LogP contribution in [0.15, 0.2) is 0 Å². The fraction of sp³-hybridized carbons (Fsp3) is 0. The first-order valence-corrected chi connectivity index (χ1v) is 1.38. The van der Waals surface area contributed by atoms with E-state index in [2.05, 4.69) is 23.5 Å². The molecule has 0 aromatic carbocycles. The standard InChI is InChI=1S/CH4N3S/c2-1(5)4-3/h3H2,(H2,2,5). The molecule has 0 aliphatic carbocycles. The van der Waals surface area contributed by atoms with Crippen LogP contribution in [0.25, 0.3) is 0 Å². The molecule has 0 heterocycles. The summed E-state index contributed by atoms with van der Waals surface area (Å²) in [7, 11) is 0. The molecule has 1 radical (unpaired) electrons. The zero-order valence-corrected chi connectivity index (χ0v) is 3.33. The molecule has 0 saturated carbocycles. The van der Waals surface area contributed by atoms with E-state index in [9.17, 15) is 0 Å². The number of nitrogens with zero attached hydrogens (tertiary/aromatic N) is 1. The Bertz CT molecular complexity index is 42.2. The summed E-state index contributed by atoms with van der Waals surface area (Å²) in [4.78, 5) is 0. The second-order valence-corrected chi connectivity index (χ2v) is 0.886. The molecule has 29 valence electrons. The molecule has 3 nitrogen and oxygen atoms in total. The molecule has 0 atom stereocenters. The number of hydrogen-bond donors (Lipinski definition) is 2. The summed E-state index contributed by atoms with van der Waals surface area (Å²) in [5, 5.41) is -0.00926. The van der Waals surface area contributed by atoms with E-state index in [0.29, 0.717) is 0 Å². The quantitative estimate of drug-likeness (QED) is 0.221. The molecule has 0 aliphatic rings. The molecule has 4 heteroatoms. The highest BCUT2D eigenvalue weighted by Gasteiger charge is 1.71. The SMILES string of the molecule is N[N]C(N)=S. The molecule has 0 aromatic heterocycles. The van der Waals surface area contributed by atoms with Gasteiger partial charge in [0.15, 0.2) is 0 Å². The molecule has 0 aromatic rings. The van der Waals surface area contributed by atoms with E-state index in [1.807, 2.05) is 0 Å². The van der Waals surface area contributed by atoms with Crippen LogP contribution in [0.4, 0.5) is 0 Å². The molecule has 0 spiro atoms. The summed E-state index contributed by atoms with van der Waals surface area (Å²) in [5.41, 5.74) is 7.63. The average Bonchev–Trinajstić information content (AvgIpc) is 1.38. The van der Waals surface area contributed by atoms with Crippen molar-refractivity contribution in [2.24, 2.45) is 11.6 Å². The molecule has 0 unspecified atom stereocenters. The molecule has 0 amide bonds. The Morgan fingerprint density at radius 2 is 2.00 bits per heavy atom. The van der Waals surface area contributed by atoms with Crippen molar-refractivity contribution >= 4 is 17.3 Å². The fourth-order valence-corrected chi connectivity index (χ4v) is 0. The van der Waals surface area contributed by atoms with Crippen LogP contribution in [-0.2, 0) is 0 Å². The minimum absolute atomic E-state index is 0.00926. The Balaban J connectivity index is 2.85. The lowest BCUT2D eigenvalue weighted by atomic mass is 11.2. The molecule has 0 aliphatic heterocycles. The van der Waals surface area contributed by atoms with Gasteiger partial charge in [-0.25, -0.2) is 5.84 Å². The molecule has 0 fully saturated rings. The topological polar surface area (TPSA) is 66.1 Å². The van der Waals surface area contributed by atoms with Crippen molar-refractivity contribution in [3.63, 3.8) is 0 Å². The second-order valence-electron chi connectivity index (χ2n) is 0.467. The van der Waals surface area contributed by atoms with Crippen molar-refractivity contribution in [1.82, 2.24) is 5.43 Å². The first-order valence-electron chi connectivity index (χ1n) is 0.975. The smallest absolute Gasteiger partial charge is 0.202 e. The summed E-state index contributed by atoms with van der Waals surface area (Å²) in [6, 6.07) is 0. The maximum absolute atomic E-state index is 4.73. The van der Waals surface area contributed by atoms with E-state index in [-0.39, 0.29) is 5.11 Å². The summed E-state index contributed by atoms with van der Waals surface area (Å²) in [6.45, 7) is 0. The van der Waals surface area contributed by atoms with E-state index in [4.69, 9.17) is 5.73 Å². The van der Waals surface area contributed by atoms with Crippen LogP contribution in [0.3, 0.4) is 0 Å². The third-order valence-corrected chi connectivity index (χ3v) is 0.233. The lowest BCUT2D eigenvalue weighted by molar-refractivity contribution is 1.01. The van der Waals surface area contributed by atoms with Crippen molar-refractivity contribution in [2.75, 3.05) is 0 Å². The maximum atomic E-state index is 4.73. The van der Waals surface area contributed by atoms with Crippen LogP contribution < -0.4 is 17.0 Å². The van der Waals surface area contributed by atoms with E-state index >= 15 is 0 Å². The largest absolute Gasteiger partial charge is 0.374 e. The third-order valence-electron chi connectivity index (χ3n) is 0.127. The van der Waals surface area contributed by atoms with Gasteiger partial charge >= 0.3 is 0 Å². The molecule has 0 saturated heterocycles. The van der Waals surface area contributed by atoms with Gasteiger partial charge in [0.25, 0.3) is 0 Å². The Labute approximate surface area is 35.3 Å². The Morgan fingerprint density at radius 1 is 1.80 bits per heavy atom. The van der Waals surface area contributed by atoms with E-state index in [1.54, 1.807) is 0 Å². The van der Waals surface area contributed by atoms with Crippen LogP contribution in [0.2, 0.25) is 0 Å². The van der Waals surface area contributed by atoms with Crippen molar-refractivity contribution < 1.29 is 0 Å². The number of thiocarbonyl (C=S) groups is 1. The van der Waals surface area contributed by atoms with Crippen LogP contribution in [0.1, 0.15) is 0 Å². The van der Waals surface area contributed by atoms with Gasteiger partial charge in [-0.1, -0.05) is 0 Å². The summed E-state index contributed by atoms with van der Waals surface area (Å²) >= 11 is 4.18. The first kappa shape index (κ1) is 4.65. The molecule has 0 bridgehead atoms. The molecule has 4 N–H and O–H groups in total. The van der Waals surface area contributed by atoms with E-state index in [0.717, 1.165) is 0 Å². The number of nitrogens with two attached hydrogens (primary N) is 2. The van der Waals surface area contributed by atoms with Crippen LogP contribution in [0.5, 0.6) is 0 Å². The predicted octanol–water partition coefficient (Wildman–Crippen LogP) is -1.29. The van der Waals surface area contributed by atoms with Crippen molar-refractivity contribution in [2.45, 2.75) is 0 Å². The van der Waals surface area contributed by atoms with Gasteiger partial charge in [-0.15, -0.1) is 0 Å². The van der Waals surface area contributed by atoms with Crippen molar-refractivity contribution in [3.8, 4) is 0 Å². The molecule has 0 rings (SSSR count). The molecule has 5 heavy (non-hydrogen) atoms. The maximum Gasteiger partial charge on any atom is 0.202 e. The normalized spacial score (nSPS) is 6.60. The van der Waals surface area contributed by atoms with Gasteiger partial charge < -0.3 is 5.73 Å². The van der Waals surface area contributed by atoms with Gasteiger partial charge in [-0.3, -0.25) is 0 Å². The van der Waals surface area contributed by atoms with Gasteiger partial charge in [-0.2, -0.15) is 5.43 Å². The van der Waals surface area contributed by atoms with Gasteiger partial charge in [0, 0.05) is 0 Å². The van der Waals surface area contributed by atoms with Gasteiger partial charge in [0.2, 0.25) is 5.11 Å². The minimum atomic E-state index is -0.00926. The molecular formula is CH4N3S. The highest BCUT2D eigenvalue weighted by atomic mass is 32.1. The van der Waals surface area contributed by atoms with Crippen molar-refractivity contribution in [1.29, 1.82) is 0 Å². The van der Waals surface area contributed by atoms with Gasteiger partial charge in [0.1, 0.15) is 0 Å². The van der Waals surface area contributed by atoms with Crippen LogP contribution in [0, 0.1) is 0 Å². The van der Waals surface area contributed by atoms with Gasteiger partial charge in [-0.05, 0) is 12.2 Å². The third kappa shape index (κ3) is 3.65. The monoisotopic (exact) mass is 90.0 g/mol. The summed E-state index contributed by atoms with van der Waals surface area (Å²) in [5.74, 6) is 4.53. The lowest BCUT2D eigenvalue weighted by Gasteiger charge is -1.80. The van der Waals surface area contributed by atoms with Crippen LogP contribution >= 0.6 is 12.2 Å². The lowest BCUT2D eigenvalue weighted by Crippen LogP contribution is -2.27. The second kappa shape index (κ2) is 1.92. The number of hydrogen-bond acceptors (Lipinski definition) is 2. The molecular weight excluding hydrogens is 86.1 g/mol. The summed E-state index contributed by atoms with van der Waals surface area (Å²) < 4.78 is 0. The number of rotatable bonds is 0. The van der Waals surface area contributed by atoms with Crippen LogP contribution in [-0.4, -0.2) is 5.11 Å². The van der Waals surface area contributed by atoms with E-state index < -0.39 is 0 Å². The first-order chi connectivity index (χ1) is 2.27. The highest BCUT2D eigenvalue weighted by molar-refractivity contribution is 7.80. The van der Waals surface area contributed by atoms with E-state index in [1.165, 1.54) is 0 Å². The van der Waals surface area contributed by atoms with Gasteiger partial charge in [0.05, 0.1) is 0 Å².